The van der Waals surface area contributed by atoms with Gasteiger partial charge in [-0.15, -0.1) is 0 Å². The lowest BCUT2D eigenvalue weighted by molar-refractivity contribution is 0.0773. The van der Waals surface area contributed by atoms with Crippen molar-refractivity contribution in [1.82, 2.24) is 20.2 Å². The zero-order valence-corrected chi connectivity index (χ0v) is 20.4. The third-order valence-electron chi connectivity index (χ3n) is 6.36. The Labute approximate surface area is 205 Å². The van der Waals surface area contributed by atoms with Gasteiger partial charge in [0.2, 0.25) is 0 Å². The molecule has 4 rings (SSSR count). The van der Waals surface area contributed by atoms with Crippen LogP contribution in [0.2, 0.25) is 0 Å². The van der Waals surface area contributed by atoms with Gasteiger partial charge in [0.1, 0.15) is 17.1 Å². The molecule has 0 saturated heterocycles. The van der Waals surface area contributed by atoms with E-state index in [0.717, 1.165) is 12.0 Å². The highest BCUT2D eigenvalue weighted by molar-refractivity contribution is 6.01. The Bertz CT molecular complexity index is 1180. The summed E-state index contributed by atoms with van der Waals surface area (Å²) in [5.74, 6) is 0.145. The Morgan fingerprint density at radius 2 is 1.80 bits per heavy atom. The monoisotopic (exact) mass is 476 g/mol. The van der Waals surface area contributed by atoms with Gasteiger partial charge < -0.3 is 24.7 Å². The fourth-order valence-corrected chi connectivity index (χ4v) is 4.48. The van der Waals surface area contributed by atoms with E-state index in [0.29, 0.717) is 48.0 Å². The predicted molar refractivity (Wildman–Crippen MR) is 132 cm³/mol. The van der Waals surface area contributed by atoms with E-state index in [1.54, 1.807) is 25.4 Å². The van der Waals surface area contributed by atoms with Gasteiger partial charge in [-0.05, 0) is 36.6 Å². The van der Waals surface area contributed by atoms with Gasteiger partial charge in [0.05, 0.1) is 43.7 Å². The average Bonchev–Trinajstić information content (AvgIpc) is 3.30. The molecule has 1 aliphatic heterocycles. The number of amides is 2. The number of aromatic nitrogens is 2. The molecule has 1 aliphatic rings. The van der Waals surface area contributed by atoms with Gasteiger partial charge in [-0.25, -0.2) is 0 Å². The number of carbonyl (C=O) groups is 2. The number of fused-ring (bicyclic) bond motifs is 1. The van der Waals surface area contributed by atoms with Gasteiger partial charge in [-0.2, -0.15) is 0 Å². The number of pyridine rings is 1. The molecule has 3 aromatic rings. The van der Waals surface area contributed by atoms with Gasteiger partial charge in [0.25, 0.3) is 11.8 Å². The molecule has 2 atom stereocenters. The van der Waals surface area contributed by atoms with E-state index in [4.69, 9.17) is 9.47 Å². The quantitative estimate of drug-likeness (QED) is 0.483. The van der Waals surface area contributed by atoms with Crippen LogP contribution in [0.1, 0.15) is 76.6 Å². The molecule has 8 nitrogen and oxygen atoms in total. The first-order chi connectivity index (χ1) is 17.1. The van der Waals surface area contributed by atoms with Crippen LogP contribution in [0.3, 0.4) is 0 Å². The van der Waals surface area contributed by atoms with E-state index >= 15 is 0 Å². The molecule has 2 unspecified atom stereocenters. The van der Waals surface area contributed by atoms with Crippen molar-refractivity contribution in [3.05, 3.63) is 82.9 Å². The Morgan fingerprint density at radius 3 is 2.51 bits per heavy atom. The maximum Gasteiger partial charge on any atom is 0.268 e. The molecule has 0 spiro atoms. The fraction of sp³-hybridized carbons (Fsp3) is 0.370. The number of methoxy groups -OCH3 is 1. The van der Waals surface area contributed by atoms with Crippen molar-refractivity contribution in [1.29, 1.82) is 0 Å². The van der Waals surface area contributed by atoms with Gasteiger partial charge in [0.15, 0.2) is 0 Å². The van der Waals surface area contributed by atoms with E-state index in [1.165, 1.54) is 0 Å². The van der Waals surface area contributed by atoms with Gasteiger partial charge >= 0.3 is 0 Å². The highest BCUT2D eigenvalue weighted by Crippen LogP contribution is 2.27. The molecule has 0 radical (unpaired) electrons. The van der Waals surface area contributed by atoms with Crippen molar-refractivity contribution in [3.63, 3.8) is 0 Å². The molecular formula is C27H32N4O4. The highest BCUT2D eigenvalue weighted by Gasteiger charge is 2.28. The Balaban J connectivity index is 1.60. The average molecular weight is 477 g/mol. The van der Waals surface area contributed by atoms with Crippen molar-refractivity contribution in [2.24, 2.45) is 0 Å². The molecule has 2 N–H and O–H groups in total. The third-order valence-corrected chi connectivity index (χ3v) is 6.36. The lowest BCUT2D eigenvalue weighted by atomic mass is 10.0. The zero-order valence-electron chi connectivity index (χ0n) is 20.4. The van der Waals surface area contributed by atoms with Crippen molar-refractivity contribution >= 4 is 11.8 Å². The number of nitrogens with one attached hydrogen (secondary N) is 2. The summed E-state index contributed by atoms with van der Waals surface area (Å²) in [4.78, 5) is 31.2. The molecule has 2 aromatic heterocycles. The van der Waals surface area contributed by atoms with Crippen molar-refractivity contribution in [3.8, 4) is 5.75 Å². The molecule has 0 fully saturated rings. The molecule has 8 heteroatoms. The first kappa shape index (κ1) is 24.5. The van der Waals surface area contributed by atoms with Crippen LogP contribution in [-0.2, 0) is 17.9 Å². The number of benzene rings is 1. The summed E-state index contributed by atoms with van der Waals surface area (Å²) in [6.45, 7) is 5.28. The second-order valence-corrected chi connectivity index (χ2v) is 8.46. The fourth-order valence-electron chi connectivity index (χ4n) is 4.48. The minimum Gasteiger partial charge on any atom is -0.495 e. The number of hydrogen-bond donors (Lipinski definition) is 2. The number of carbonyl (C=O) groups excluding carboxylic acids is 2. The van der Waals surface area contributed by atoms with E-state index in [9.17, 15) is 9.59 Å². The predicted octanol–water partition coefficient (Wildman–Crippen LogP) is 4.18. The van der Waals surface area contributed by atoms with Crippen LogP contribution >= 0.6 is 0 Å². The van der Waals surface area contributed by atoms with Crippen LogP contribution in [0, 0.1) is 0 Å². The lowest BCUT2D eigenvalue weighted by Crippen LogP contribution is -2.32. The zero-order chi connectivity index (χ0) is 24.8. The summed E-state index contributed by atoms with van der Waals surface area (Å²) in [7, 11) is 1.59. The third kappa shape index (κ3) is 5.22. The Kier molecular flexibility index (Phi) is 7.82. The van der Waals surface area contributed by atoms with Crippen LogP contribution in [-0.4, -0.2) is 35.1 Å². The summed E-state index contributed by atoms with van der Waals surface area (Å²) in [5.41, 5.74) is 3.33. The summed E-state index contributed by atoms with van der Waals surface area (Å²) in [6.07, 6.45) is 3.07. The first-order valence-corrected chi connectivity index (χ1v) is 12.0. The standard InChI is InChI=1S/C27H32N4O4/c1-4-20(18-10-7-6-8-11-18)29-26(32)19-16-22(31-14-15-35-17-23(19)31)27(33)30-21(5-2)25-24(34-3)12-9-13-28-25/h6-13,16,20-21H,4-5,14-15,17H2,1-3H3,(H,29,32)(H,30,33). The minimum atomic E-state index is -0.329. The molecule has 35 heavy (non-hydrogen) atoms. The smallest absolute Gasteiger partial charge is 0.268 e. The molecule has 2 amide bonds. The largest absolute Gasteiger partial charge is 0.495 e. The van der Waals surface area contributed by atoms with Crippen LogP contribution in [0.5, 0.6) is 5.75 Å². The summed E-state index contributed by atoms with van der Waals surface area (Å²) < 4.78 is 13.0. The maximum atomic E-state index is 13.4. The van der Waals surface area contributed by atoms with E-state index < -0.39 is 0 Å². The molecule has 184 valence electrons. The second-order valence-electron chi connectivity index (χ2n) is 8.46. The SMILES string of the molecule is CCC(NC(=O)c1cc(C(=O)NC(CC)c2ncccc2OC)n2c1COCC2)c1ccccc1. The van der Waals surface area contributed by atoms with Crippen LogP contribution in [0.25, 0.3) is 0 Å². The number of rotatable bonds is 9. The first-order valence-electron chi connectivity index (χ1n) is 12.0. The number of ether oxygens (including phenoxy) is 2. The molecule has 0 saturated carbocycles. The molecule has 1 aromatic carbocycles. The minimum absolute atomic E-state index is 0.123. The Morgan fingerprint density at radius 1 is 1.06 bits per heavy atom. The van der Waals surface area contributed by atoms with Gasteiger partial charge in [-0.3, -0.25) is 14.6 Å². The highest BCUT2D eigenvalue weighted by atomic mass is 16.5. The van der Waals surface area contributed by atoms with Crippen molar-refractivity contribution < 1.29 is 19.1 Å². The number of hydrogen-bond acceptors (Lipinski definition) is 5. The van der Waals surface area contributed by atoms with Crippen molar-refractivity contribution in [2.45, 2.75) is 51.9 Å². The second kappa shape index (κ2) is 11.2. The molecule has 0 aliphatic carbocycles. The van der Waals surface area contributed by atoms with E-state index in [1.807, 2.05) is 54.8 Å². The van der Waals surface area contributed by atoms with Gasteiger partial charge in [-0.1, -0.05) is 44.2 Å². The van der Waals surface area contributed by atoms with Gasteiger partial charge in [0, 0.05) is 12.7 Å². The normalized spacial score (nSPS) is 14.5. The van der Waals surface area contributed by atoms with Crippen LogP contribution in [0.4, 0.5) is 0 Å². The van der Waals surface area contributed by atoms with Crippen LogP contribution in [0.15, 0.2) is 54.7 Å². The molecule has 0 bridgehead atoms. The lowest BCUT2D eigenvalue weighted by Gasteiger charge is -2.22. The summed E-state index contributed by atoms with van der Waals surface area (Å²) in [5, 5.41) is 6.21. The molecular weight excluding hydrogens is 444 g/mol. The summed E-state index contributed by atoms with van der Waals surface area (Å²) >= 11 is 0. The molecule has 3 heterocycles. The van der Waals surface area contributed by atoms with E-state index in [-0.39, 0.29) is 30.5 Å². The summed E-state index contributed by atoms with van der Waals surface area (Å²) in [6, 6.07) is 14.7. The van der Waals surface area contributed by atoms with Crippen LogP contribution < -0.4 is 15.4 Å². The van der Waals surface area contributed by atoms with E-state index in [2.05, 4.69) is 15.6 Å². The van der Waals surface area contributed by atoms with Crippen molar-refractivity contribution in [2.75, 3.05) is 13.7 Å². The maximum absolute atomic E-state index is 13.4. The Hall–Kier alpha value is -3.65. The number of nitrogens with zero attached hydrogens (tertiary/aromatic N) is 2. The topological polar surface area (TPSA) is 94.5 Å².